The van der Waals surface area contributed by atoms with E-state index in [-0.39, 0.29) is 18.1 Å². The first-order valence-electron chi connectivity index (χ1n) is 12.1. The minimum Gasteiger partial charge on any atom is -0.486 e. The standard InChI is InChI=1S/C29H30N2O5/c1-3-34-26(29(33)35-4-2)18-21-14-16-23(17-15-21)36-20-27-30-25-13-9-8-12-24(25)28(32)31(27)19-22-10-6-5-7-11-22/h5-17,26H,3-4,18-20H2,1-2H3. The number of benzene rings is 3. The molecule has 0 aliphatic heterocycles. The largest absolute Gasteiger partial charge is 0.486 e. The maximum Gasteiger partial charge on any atom is 0.335 e. The second-order valence-corrected chi connectivity index (χ2v) is 8.25. The topological polar surface area (TPSA) is 79.7 Å². The maximum atomic E-state index is 13.3. The van der Waals surface area contributed by atoms with Crippen LogP contribution in [-0.4, -0.2) is 34.8 Å². The molecule has 0 spiro atoms. The number of rotatable bonds is 11. The van der Waals surface area contributed by atoms with Gasteiger partial charge in [-0.2, -0.15) is 0 Å². The van der Waals surface area contributed by atoms with Crippen molar-refractivity contribution in [1.82, 2.24) is 9.55 Å². The van der Waals surface area contributed by atoms with Gasteiger partial charge in [0.2, 0.25) is 0 Å². The summed E-state index contributed by atoms with van der Waals surface area (Å²) in [6, 6.07) is 24.6. The zero-order valence-corrected chi connectivity index (χ0v) is 20.6. The average molecular weight is 487 g/mol. The predicted molar refractivity (Wildman–Crippen MR) is 138 cm³/mol. The van der Waals surface area contributed by atoms with E-state index < -0.39 is 6.10 Å². The molecule has 0 radical (unpaired) electrons. The van der Waals surface area contributed by atoms with Gasteiger partial charge in [0, 0.05) is 13.0 Å². The number of esters is 1. The fraction of sp³-hybridized carbons (Fsp3) is 0.276. The van der Waals surface area contributed by atoms with Crippen molar-refractivity contribution in [3.8, 4) is 5.75 Å². The highest BCUT2D eigenvalue weighted by Crippen LogP contribution is 2.17. The van der Waals surface area contributed by atoms with E-state index in [1.165, 1.54) is 0 Å². The molecule has 0 aliphatic rings. The number of hydrogen-bond donors (Lipinski definition) is 0. The Kier molecular flexibility index (Phi) is 8.47. The van der Waals surface area contributed by atoms with Crippen LogP contribution in [0.25, 0.3) is 10.9 Å². The van der Waals surface area contributed by atoms with E-state index in [9.17, 15) is 9.59 Å². The average Bonchev–Trinajstić information content (AvgIpc) is 2.90. The second kappa shape index (κ2) is 12.1. The summed E-state index contributed by atoms with van der Waals surface area (Å²) in [5.41, 5.74) is 2.48. The highest BCUT2D eigenvalue weighted by atomic mass is 16.6. The van der Waals surface area contributed by atoms with Crippen LogP contribution in [-0.2, 0) is 33.8 Å². The van der Waals surface area contributed by atoms with Crippen LogP contribution >= 0.6 is 0 Å². The fourth-order valence-corrected chi connectivity index (χ4v) is 3.98. The molecular weight excluding hydrogens is 456 g/mol. The van der Waals surface area contributed by atoms with Crippen LogP contribution in [0, 0.1) is 0 Å². The van der Waals surface area contributed by atoms with Crippen LogP contribution in [0.1, 0.15) is 30.8 Å². The molecule has 0 bridgehead atoms. The summed E-state index contributed by atoms with van der Waals surface area (Å²) in [6.45, 7) is 4.90. The normalized spacial score (nSPS) is 11.8. The minimum absolute atomic E-state index is 0.0978. The van der Waals surface area contributed by atoms with E-state index in [0.29, 0.717) is 48.7 Å². The van der Waals surface area contributed by atoms with Crippen molar-refractivity contribution >= 4 is 16.9 Å². The van der Waals surface area contributed by atoms with E-state index in [4.69, 9.17) is 19.2 Å². The van der Waals surface area contributed by atoms with Gasteiger partial charge in [0.25, 0.3) is 5.56 Å². The Hall–Kier alpha value is -3.97. The van der Waals surface area contributed by atoms with Crippen molar-refractivity contribution < 1.29 is 19.0 Å². The zero-order valence-electron chi connectivity index (χ0n) is 20.6. The van der Waals surface area contributed by atoms with Gasteiger partial charge in [-0.3, -0.25) is 9.36 Å². The van der Waals surface area contributed by atoms with Gasteiger partial charge in [0.1, 0.15) is 12.4 Å². The highest BCUT2D eigenvalue weighted by molar-refractivity contribution is 5.77. The van der Waals surface area contributed by atoms with Crippen LogP contribution in [0.3, 0.4) is 0 Å². The monoisotopic (exact) mass is 486 g/mol. The predicted octanol–water partition coefficient (Wildman–Crippen LogP) is 4.53. The summed E-state index contributed by atoms with van der Waals surface area (Å²) in [5.74, 6) is 0.820. The molecule has 1 unspecified atom stereocenters. The molecule has 0 aliphatic carbocycles. The molecule has 7 heteroatoms. The molecule has 7 nitrogen and oxygen atoms in total. The van der Waals surface area contributed by atoms with Gasteiger partial charge in [-0.05, 0) is 49.2 Å². The number of fused-ring (bicyclic) bond motifs is 1. The van der Waals surface area contributed by atoms with Crippen molar-refractivity contribution in [1.29, 1.82) is 0 Å². The van der Waals surface area contributed by atoms with Gasteiger partial charge in [-0.1, -0.05) is 54.6 Å². The quantitative estimate of drug-likeness (QED) is 0.290. The molecule has 1 atom stereocenters. The Labute approximate surface area is 210 Å². The number of nitrogens with zero attached hydrogens (tertiary/aromatic N) is 2. The molecule has 0 N–H and O–H groups in total. The van der Waals surface area contributed by atoms with Crippen LogP contribution in [0.4, 0.5) is 0 Å². The summed E-state index contributed by atoms with van der Waals surface area (Å²) in [7, 11) is 0. The summed E-state index contributed by atoms with van der Waals surface area (Å²) in [6.07, 6.45) is -0.230. The summed E-state index contributed by atoms with van der Waals surface area (Å²) in [5, 5.41) is 0.576. The molecule has 1 aromatic heterocycles. The number of hydrogen-bond acceptors (Lipinski definition) is 6. The SMILES string of the molecule is CCOC(=O)C(Cc1ccc(OCc2nc3ccccc3c(=O)n2Cc2ccccc2)cc1)OCC. The van der Waals surface area contributed by atoms with Crippen molar-refractivity contribution in [3.05, 3.63) is 106 Å². The third-order valence-corrected chi connectivity index (χ3v) is 5.75. The molecule has 3 aromatic carbocycles. The van der Waals surface area contributed by atoms with Gasteiger partial charge in [-0.15, -0.1) is 0 Å². The summed E-state index contributed by atoms with van der Waals surface area (Å²) < 4.78 is 18.4. The number of carbonyl (C=O) groups excluding carboxylic acids is 1. The third-order valence-electron chi connectivity index (χ3n) is 5.75. The Morgan fingerprint density at radius 1 is 0.889 bits per heavy atom. The van der Waals surface area contributed by atoms with E-state index in [0.717, 1.165) is 11.1 Å². The molecule has 0 saturated carbocycles. The number of para-hydroxylation sites is 1. The molecular formula is C29H30N2O5. The smallest absolute Gasteiger partial charge is 0.335 e. The van der Waals surface area contributed by atoms with Crippen molar-refractivity contribution in [3.63, 3.8) is 0 Å². The first kappa shape index (κ1) is 25.1. The lowest BCUT2D eigenvalue weighted by Crippen LogP contribution is -2.29. The van der Waals surface area contributed by atoms with Crippen LogP contribution < -0.4 is 10.3 Å². The summed E-state index contributed by atoms with van der Waals surface area (Å²) in [4.78, 5) is 30.2. The number of carbonyl (C=O) groups is 1. The van der Waals surface area contributed by atoms with Crippen molar-refractivity contribution in [2.45, 2.75) is 39.5 Å². The fourth-order valence-electron chi connectivity index (χ4n) is 3.98. The maximum absolute atomic E-state index is 13.3. The molecule has 36 heavy (non-hydrogen) atoms. The van der Waals surface area contributed by atoms with E-state index in [2.05, 4.69) is 0 Å². The zero-order chi connectivity index (χ0) is 25.3. The van der Waals surface area contributed by atoms with Gasteiger partial charge in [0.15, 0.2) is 11.9 Å². The van der Waals surface area contributed by atoms with Gasteiger partial charge in [-0.25, -0.2) is 9.78 Å². The van der Waals surface area contributed by atoms with Gasteiger partial charge >= 0.3 is 5.97 Å². The Morgan fingerprint density at radius 2 is 1.61 bits per heavy atom. The number of aromatic nitrogens is 2. The molecule has 1 heterocycles. The van der Waals surface area contributed by atoms with Crippen LogP contribution in [0.15, 0.2) is 83.7 Å². The molecule has 0 amide bonds. The Balaban J connectivity index is 1.52. The van der Waals surface area contributed by atoms with Crippen molar-refractivity contribution in [2.24, 2.45) is 0 Å². The highest BCUT2D eigenvalue weighted by Gasteiger charge is 2.20. The number of ether oxygens (including phenoxy) is 3. The van der Waals surface area contributed by atoms with E-state index in [1.54, 1.807) is 17.6 Å². The van der Waals surface area contributed by atoms with E-state index in [1.807, 2.05) is 79.7 Å². The summed E-state index contributed by atoms with van der Waals surface area (Å²) >= 11 is 0. The minimum atomic E-state index is -0.643. The van der Waals surface area contributed by atoms with Crippen LogP contribution in [0.5, 0.6) is 5.75 Å². The molecule has 0 fully saturated rings. The first-order valence-corrected chi connectivity index (χ1v) is 12.1. The molecule has 4 aromatic rings. The lowest BCUT2D eigenvalue weighted by molar-refractivity contribution is -0.156. The molecule has 4 rings (SSSR count). The first-order chi connectivity index (χ1) is 17.6. The Morgan fingerprint density at radius 3 is 2.33 bits per heavy atom. The van der Waals surface area contributed by atoms with Crippen LogP contribution in [0.2, 0.25) is 0 Å². The second-order valence-electron chi connectivity index (χ2n) is 8.25. The lowest BCUT2D eigenvalue weighted by atomic mass is 10.1. The van der Waals surface area contributed by atoms with Crippen molar-refractivity contribution in [2.75, 3.05) is 13.2 Å². The lowest BCUT2D eigenvalue weighted by Gasteiger charge is -2.16. The molecule has 186 valence electrons. The molecule has 0 saturated heterocycles. The van der Waals surface area contributed by atoms with Gasteiger partial charge < -0.3 is 14.2 Å². The Bertz CT molecular complexity index is 1350. The van der Waals surface area contributed by atoms with Gasteiger partial charge in [0.05, 0.1) is 24.1 Å². The van der Waals surface area contributed by atoms with E-state index >= 15 is 0 Å². The third kappa shape index (κ3) is 6.17.